The van der Waals surface area contributed by atoms with Crippen LogP contribution < -0.4 is 73.6 Å². The molecule has 0 aliphatic heterocycles. The minimum Gasteiger partial charge on any atom is -1.00 e. The highest BCUT2D eigenvalue weighted by Gasteiger charge is 2.19. The SMILES string of the molecule is CCCCCCCCCCCCCCCCCC[P+](C)(C)C.CCCCCCCCCCCCCCCCCC[P+](C)(C)C.CCCCCCCCCCCCCCCCCC[P+](C)(C)C.CCCCCCCCCCCCCCCCCC[P+](C)(C)C.CCCCCCCCCCCCCCCCCC[P+](C)(C)C.[Cl-].[Cl-].[Cl-].[Cl-].[I-]. The van der Waals surface area contributed by atoms with Gasteiger partial charge in [0.25, 0.3) is 0 Å². The van der Waals surface area contributed by atoms with E-state index in [1.165, 1.54) is 544 Å². The van der Waals surface area contributed by atoms with Gasteiger partial charge in [-0.1, -0.05) is 484 Å². The molecular weight excluding hydrogens is 1680 g/mol. The molecule has 0 aliphatic rings. The Morgan fingerprint density at radius 2 is 0.148 bits per heavy atom. The molecule has 0 saturated heterocycles. The van der Waals surface area contributed by atoms with E-state index >= 15 is 0 Å². The molecule has 0 aromatic heterocycles. The molecule has 10 heteroatoms. The summed E-state index contributed by atoms with van der Waals surface area (Å²) in [7, 11) is -2.52. The van der Waals surface area contributed by atoms with Gasteiger partial charge in [-0.2, -0.15) is 0 Å². The molecule has 0 aromatic rings. The average Bonchev–Trinajstić information content (AvgIpc) is 1.02. The normalized spacial score (nSPS) is 11.5. The summed E-state index contributed by atoms with van der Waals surface area (Å²) in [4.78, 5) is 0. The van der Waals surface area contributed by atoms with Gasteiger partial charge in [-0.25, -0.2) is 0 Å². The summed E-state index contributed by atoms with van der Waals surface area (Å²) in [5, 5.41) is 0. The number of rotatable bonds is 85. The van der Waals surface area contributed by atoms with Crippen LogP contribution in [0.1, 0.15) is 548 Å². The lowest BCUT2D eigenvalue weighted by Gasteiger charge is -2.10. The summed E-state index contributed by atoms with van der Waals surface area (Å²) in [5.41, 5.74) is 0. The van der Waals surface area contributed by atoms with Gasteiger partial charge in [-0.15, -0.1) is 0 Å². The summed E-state index contributed by atoms with van der Waals surface area (Å²) in [6.45, 7) is 48.6. The van der Waals surface area contributed by atoms with Crippen LogP contribution in [-0.4, -0.2) is 131 Å². The molecule has 0 aromatic carbocycles. The summed E-state index contributed by atoms with van der Waals surface area (Å²) < 4.78 is 0. The predicted octanol–water partition coefficient (Wildman–Crippen LogP) is 25.8. The summed E-state index contributed by atoms with van der Waals surface area (Å²) in [6.07, 6.45) is 125. The van der Waals surface area contributed by atoms with Crippen LogP contribution in [0.5, 0.6) is 0 Å². The highest BCUT2D eigenvalue weighted by Crippen LogP contribution is 2.50. The summed E-state index contributed by atoms with van der Waals surface area (Å²) >= 11 is 0. The van der Waals surface area contributed by atoms with E-state index in [0.717, 1.165) is 0 Å². The Labute approximate surface area is 782 Å². The molecule has 710 valence electrons. The van der Waals surface area contributed by atoms with Gasteiger partial charge in [-0.05, 0) is 64.2 Å². The molecule has 0 saturated carbocycles. The Kier molecular flexibility index (Phi) is 138. The zero-order chi connectivity index (χ0) is 82.6. The van der Waals surface area contributed by atoms with Crippen molar-refractivity contribution in [2.45, 2.75) is 548 Å². The number of halogens is 5. The van der Waals surface area contributed by atoms with Crippen LogP contribution in [-0.2, 0) is 0 Å². The second-order valence-corrected chi connectivity index (χ2v) is 66.7. The quantitative estimate of drug-likeness (QED) is 0.0323. The fraction of sp³-hybridized carbons (Fsp3) is 1.00. The molecule has 0 amide bonds. The summed E-state index contributed by atoms with van der Waals surface area (Å²) in [5.74, 6) is 0. The van der Waals surface area contributed by atoms with Gasteiger partial charge in [0.05, 0.1) is 30.8 Å². The predicted molar refractivity (Wildman–Crippen MR) is 546 cm³/mol. The van der Waals surface area contributed by atoms with Crippen molar-refractivity contribution < 1.29 is 73.6 Å². The maximum absolute atomic E-state index is 2.47. The Bertz CT molecular complexity index is 1320. The Balaban J connectivity index is -0.000000148. The molecular formula is C105H230Cl4IP5. The van der Waals surface area contributed by atoms with Crippen LogP contribution >= 0.6 is 36.3 Å². The Hall–Kier alpha value is 4.04. The fourth-order valence-corrected chi connectivity index (χ4v) is 21.5. The number of hydrogen-bond donors (Lipinski definition) is 0. The molecule has 0 bridgehead atoms. The van der Waals surface area contributed by atoms with E-state index in [1.54, 1.807) is 0 Å². The van der Waals surface area contributed by atoms with Crippen LogP contribution in [0, 0.1) is 0 Å². The lowest BCUT2D eigenvalue weighted by atomic mass is 10.0. The maximum Gasteiger partial charge on any atom is 0.0586 e. The first-order chi connectivity index (χ1) is 52.8. The van der Waals surface area contributed by atoms with Crippen molar-refractivity contribution in [3.8, 4) is 0 Å². The Morgan fingerprint density at radius 1 is 0.0957 bits per heavy atom. The van der Waals surface area contributed by atoms with Gasteiger partial charge in [0.1, 0.15) is 0 Å². The zero-order valence-electron chi connectivity index (χ0n) is 84.2. The van der Waals surface area contributed by atoms with Gasteiger partial charge in [0.15, 0.2) is 0 Å². The van der Waals surface area contributed by atoms with Gasteiger partial charge < -0.3 is 73.6 Å². The molecule has 115 heavy (non-hydrogen) atoms. The molecule has 0 aliphatic carbocycles. The third-order valence-corrected chi connectivity index (χ3v) is 31.7. The number of hydrogen-bond acceptors (Lipinski definition) is 0. The largest absolute Gasteiger partial charge is 1.00 e. The maximum atomic E-state index is 2.47. The fourth-order valence-electron chi connectivity index (χ4n) is 15.7. The topological polar surface area (TPSA) is 0 Å². The number of unbranched alkanes of at least 4 members (excludes halogenated alkanes) is 75. The molecule has 0 nitrogen and oxygen atoms in total. The third-order valence-electron chi connectivity index (χ3n) is 23.4. The van der Waals surface area contributed by atoms with Crippen LogP contribution in [0.4, 0.5) is 0 Å². The summed E-state index contributed by atoms with van der Waals surface area (Å²) in [6, 6.07) is 0. The van der Waals surface area contributed by atoms with E-state index < -0.39 is 36.3 Å². The second kappa shape index (κ2) is 114. The van der Waals surface area contributed by atoms with E-state index in [-0.39, 0.29) is 73.6 Å². The highest BCUT2D eigenvalue weighted by atomic mass is 127. The van der Waals surface area contributed by atoms with E-state index in [0.29, 0.717) is 0 Å². The second-order valence-electron chi connectivity index (χ2n) is 41.6. The standard InChI is InChI=1S/5C21H46P.4ClH.HI/c5*1-5-6-7-8-9-10-11-12-13-14-15-16-17-18-19-20-21-22(2,3)4;;;;;/h5*5-21H2,1-4H3;5*1H/q5*+1;;;;;/p-5. The van der Waals surface area contributed by atoms with Crippen molar-refractivity contribution in [3.63, 3.8) is 0 Å². The molecule has 0 heterocycles. The molecule has 0 fully saturated rings. The average molecular weight is 1920 g/mol. The van der Waals surface area contributed by atoms with Crippen LogP contribution in [0.2, 0.25) is 0 Å². The molecule has 0 N–H and O–H groups in total. The van der Waals surface area contributed by atoms with Crippen molar-refractivity contribution in [3.05, 3.63) is 0 Å². The van der Waals surface area contributed by atoms with Gasteiger partial charge in [-0.3, -0.25) is 0 Å². The van der Waals surface area contributed by atoms with E-state index in [1.807, 2.05) is 0 Å². The van der Waals surface area contributed by atoms with E-state index in [9.17, 15) is 0 Å². The van der Waals surface area contributed by atoms with Crippen molar-refractivity contribution in [1.29, 1.82) is 0 Å². The minimum atomic E-state index is -0.504. The first-order valence-corrected chi connectivity index (χ1v) is 68.4. The zero-order valence-corrected chi connectivity index (χ0v) is 93.9. The van der Waals surface area contributed by atoms with Crippen molar-refractivity contribution >= 4 is 36.3 Å². The molecule has 0 atom stereocenters. The first-order valence-electron chi connectivity index (χ1n) is 51.8. The van der Waals surface area contributed by atoms with Gasteiger partial charge in [0.2, 0.25) is 0 Å². The van der Waals surface area contributed by atoms with Crippen LogP contribution in [0.15, 0.2) is 0 Å². The minimum absolute atomic E-state index is 0. The lowest BCUT2D eigenvalue weighted by molar-refractivity contribution is -0.00100. The van der Waals surface area contributed by atoms with Crippen molar-refractivity contribution in [1.82, 2.24) is 0 Å². The monoisotopic (exact) mass is 1910 g/mol. The van der Waals surface area contributed by atoms with Gasteiger partial charge >= 0.3 is 0 Å². The van der Waals surface area contributed by atoms with E-state index in [2.05, 4.69) is 135 Å². The molecule has 0 unspecified atom stereocenters. The third kappa shape index (κ3) is 162. The van der Waals surface area contributed by atoms with Crippen LogP contribution in [0.3, 0.4) is 0 Å². The molecule has 0 radical (unpaired) electrons. The molecule has 0 rings (SSSR count). The van der Waals surface area contributed by atoms with E-state index in [4.69, 9.17) is 0 Å². The molecule has 0 spiro atoms. The smallest absolute Gasteiger partial charge is 0.0586 e. The van der Waals surface area contributed by atoms with Crippen LogP contribution in [0.25, 0.3) is 0 Å². The lowest BCUT2D eigenvalue weighted by Crippen LogP contribution is -3.00. The van der Waals surface area contributed by atoms with Crippen molar-refractivity contribution in [2.75, 3.05) is 131 Å². The van der Waals surface area contributed by atoms with Crippen molar-refractivity contribution in [2.24, 2.45) is 0 Å². The Morgan fingerprint density at radius 3 is 0.200 bits per heavy atom. The van der Waals surface area contributed by atoms with Gasteiger partial charge in [0, 0.05) is 136 Å². The first kappa shape index (κ1) is 140. The highest BCUT2D eigenvalue weighted by molar-refractivity contribution is 7.74.